The summed E-state index contributed by atoms with van der Waals surface area (Å²) in [7, 11) is -1.14. The van der Waals surface area contributed by atoms with Gasteiger partial charge >= 0.3 is 0 Å². The number of hydrazine groups is 1. The number of hydrogen-bond acceptors (Lipinski definition) is 8. The molecule has 2 N–H and O–H groups in total. The summed E-state index contributed by atoms with van der Waals surface area (Å²) >= 11 is 1.19. The lowest BCUT2D eigenvalue weighted by molar-refractivity contribution is -0.119. The van der Waals surface area contributed by atoms with Crippen LogP contribution in [0.5, 0.6) is 0 Å². The van der Waals surface area contributed by atoms with Crippen LogP contribution in [0.25, 0.3) is 0 Å². The van der Waals surface area contributed by atoms with E-state index in [0.29, 0.717) is 29.4 Å². The Labute approximate surface area is 198 Å². The van der Waals surface area contributed by atoms with Crippen molar-refractivity contribution in [1.82, 2.24) is 25.6 Å². The number of thioether (sulfide) groups is 1. The number of carbonyl (C=O) groups is 2. The molecule has 33 heavy (non-hydrogen) atoms. The van der Waals surface area contributed by atoms with E-state index < -0.39 is 15.7 Å². The van der Waals surface area contributed by atoms with Gasteiger partial charge in [-0.3, -0.25) is 20.4 Å². The lowest BCUT2D eigenvalue weighted by Crippen LogP contribution is -2.42. The van der Waals surface area contributed by atoms with Crippen molar-refractivity contribution >= 4 is 39.1 Å². The molecule has 0 radical (unpaired) electrons. The summed E-state index contributed by atoms with van der Waals surface area (Å²) in [6.07, 6.45) is 1.18. The predicted molar refractivity (Wildman–Crippen MR) is 128 cm³/mol. The summed E-state index contributed by atoms with van der Waals surface area (Å²) < 4.78 is 25.1. The minimum atomic E-state index is -2.94. The molecule has 3 rings (SSSR count). The maximum atomic E-state index is 12.3. The highest BCUT2D eigenvalue weighted by Gasteiger charge is 2.29. The summed E-state index contributed by atoms with van der Waals surface area (Å²) in [6.45, 7) is 5.90. The van der Waals surface area contributed by atoms with Crippen molar-refractivity contribution in [2.45, 2.75) is 31.8 Å². The zero-order valence-corrected chi connectivity index (χ0v) is 20.7. The van der Waals surface area contributed by atoms with Crippen LogP contribution in [0.2, 0.25) is 0 Å². The van der Waals surface area contributed by atoms with Gasteiger partial charge < -0.3 is 9.47 Å². The Bertz CT molecular complexity index is 1080. The van der Waals surface area contributed by atoms with Gasteiger partial charge in [0.1, 0.15) is 5.82 Å². The molecular formula is C21H30N6O4S2. The molecule has 10 nitrogen and oxygen atoms in total. The summed E-state index contributed by atoms with van der Waals surface area (Å²) in [4.78, 5) is 26.6. The van der Waals surface area contributed by atoms with Gasteiger partial charge in [-0.25, -0.2) is 8.42 Å². The number of carbonyl (C=O) groups excluding carboxylic acids is 2. The predicted octanol–water partition coefficient (Wildman–Crippen LogP) is 1.19. The van der Waals surface area contributed by atoms with Gasteiger partial charge in [0, 0.05) is 37.8 Å². The lowest BCUT2D eigenvalue weighted by Gasteiger charge is -2.21. The minimum Gasteiger partial charge on any atom is -0.372 e. The van der Waals surface area contributed by atoms with Gasteiger partial charge in [0.15, 0.2) is 15.0 Å². The molecule has 1 aliphatic heterocycles. The van der Waals surface area contributed by atoms with Crippen molar-refractivity contribution in [2.24, 2.45) is 13.0 Å². The first-order chi connectivity index (χ1) is 15.7. The fourth-order valence-electron chi connectivity index (χ4n) is 3.72. The van der Waals surface area contributed by atoms with Crippen molar-refractivity contribution in [3.63, 3.8) is 0 Å². The first-order valence-corrected chi connectivity index (χ1v) is 13.7. The molecule has 180 valence electrons. The van der Waals surface area contributed by atoms with Crippen LogP contribution in [0.15, 0.2) is 29.4 Å². The number of nitrogens with one attached hydrogen (secondary N) is 2. The molecule has 0 spiro atoms. The first-order valence-electron chi connectivity index (χ1n) is 10.9. The number of sulfone groups is 1. The third kappa shape index (κ3) is 6.70. The van der Waals surface area contributed by atoms with Gasteiger partial charge in [-0.1, -0.05) is 11.8 Å². The van der Waals surface area contributed by atoms with Crippen LogP contribution >= 0.6 is 11.8 Å². The molecule has 1 saturated heterocycles. The van der Waals surface area contributed by atoms with Gasteiger partial charge in [-0.2, -0.15) is 0 Å². The van der Waals surface area contributed by atoms with Gasteiger partial charge in [0.05, 0.1) is 17.3 Å². The van der Waals surface area contributed by atoms with E-state index in [1.54, 1.807) is 23.7 Å². The molecule has 2 aromatic rings. The largest absolute Gasteiger partial charge is 0.372 e. The number of amides is 2. The van der Waals surface area contributed by atoms with Crippen molar-refractivity contribution in [3.8, 4) is 0 Å². The molecule has 0 aliphatic carbocycles. The standard InChI is InChI=1S/C21H30N6O4S2/c1-4-27(5-2)17-8-6-16(7-9-17)20(29)24-23-19(28)13-32-21-25-22-18(26(21)3)12-15-10-11-33(30,31)14-15/h6-9,15H,4-5,10-14H2,1-3H3,(H,23,28)(H,24,29). The minimum absolute atomic E-state index is 0.0466. The molecule has 1 aromatic heterocycles. The van der Waals surface area contributed by atoms with Crippen LogP contribution in [-0.2, 0) is 28.1 Å². The van der Waals surface area contributed by atoms with Gasteiger partial charge in [-0.05, 0) is 50.5 Å². The fraction of sp³-hybridized carbons (Fsp3) is 0.524. The summed E-state index contributed by atoms with van der Waals surface area (Å²) in [5, 5.41) is 8.80. The van der Waals surface area contributed by atoms with Crippen molar-refractivity contribution in [3.05, 3.63) is 35.7 Å². The Balaban J connectivity index is 1.45. The topological polar surface area (TPSA) is 126 Å². The van der Waals surface area contributed by atoms with E-state index in [9.17, 15) is 18.0 Å². The van der Waals surface area contributed by atoms with E-state index in [0.717, 1.165) is 18.8 Å². The Kier molecular flexibility index (Phi) is 8.35. The van der Waals surface area contributed by atoms with E-state index in [1.807, 2.05) is 12.1 Å². The monoisotopic (exact) mass is 494 g/mol. The Morgan fingerprint density at radius 1 is 1.15 bits per heavy atom. The molecule has 1 aliphatic rings. The van der Waals surface area contributed by atoms with Crippen LogP contribution in [0.3, 0.4) is 0 Å². The van der Waals surface area contributed by atoms with Crippen LogP contribution in [0.4, 0.5) is 5.69 Å². The van der Waals surface area contributed by atoms with Gasteiger partial charge in [-0.15, -0.1) is 10.2 Å². The van der Waals surface area contributed by atoms with Crippen LogP contribution in [-0.4, -0.2) is 65.3 Å². The summed E-state index contributed by atoms with van der Waals surface area (Å²) in [6, 6.07) is 7.21. The van der Waals surface area contributed by atoms with Crippen molar-refractivity contribution < 1.29 is 18.0 Å². The molecule has 0 bridgehead atoms. The van der Waals surface area contributed by atoms with E-state index in [2.05, 4.69) is 39.8 Å². The highest BCUT2D eigenvalue weighted by Crippen LogP contribution is 2.23. The SMILES string of the molecule is CCN(CC)c1ccc(C(=O)NNC(=O)CSc2nnc(CC3CCS(=O)(=O)C3)n2C)cc1. The molecule has 0 saturated carbocycles. The maximum Gasteiger partial charge on any atom is 0.269 e. The van der Waals surface area contributed by atoms with E-state index >= 15 is 0 Å². The smallest absolute Gasteiger partial charge is 0.269 e. The molecule has 1 atom stereocenters. The highest BCUT2D eigenvalue weighted by molar-refractivity contribution is 7.99. The second-order valence-electron chi connectivity index (χ2n) is 7.94. The molecule has 12 heteroatoms. The number of aromatic nitrogens is 3. The van der Waals surface area contributed by atoms with E-state index in [4.69, 9.17) is 0 Å². The molecule has 1 fully saturated rings. The van der Waals surface area contributed by atoms with Crippen LogP contribution in [0.1, 0.15) is 36.5 Å². The number of benzene rings is 1. The van der Waals surface area contributed by atoms with E-state index in [1.165, 1.54) is 11.8 Å². The lowest BCUT2D eigenvalue weighted by atomic mass is 10.1. The van der Waals surface area contributed by atoms with Crippen molar-refractivity contribution in [2.75, 3.05) is 35.2 Å². The number of anilines is 1. The molecular weight excluding hydrogens is 464 g/mol. The summed E-state index contributed by atoms with van der Waals surface area (Å²) in [5.74, 6) is 0.430. The first kappa shape index (κ1) is 25.0. The van der Waals surface area contributed by atoms with Crippen LogP contribution < -0.4 is 15.8 Å². The second kappa shape index (κ2) is 11.0. The quantitative estimate of drug-likeness (QED) is 0.393. The summed E-state index contributed by atoms with van der Waals surface area (Å²) in [5.41, 5.74) is 6.32. The Morgan fingerprint density at radius 3 is 2.45 bits per heavy atom. The zero-order valence-electron chi connectivity index (χ0n) is 19.1. The second-order valence-corrected chi connectivity index (χ2v) is 11.1. The third-order valence-corrected chi connectivity index (χ3v) is 8.49. The zero-order chi connectivity index (χ0) is 24.0. The number of rotatable bonds is 9. The molecule has 1 aromatic carbocycles. The molecule has 2 amide bonds. The molecule has 1 unspecified atom stereocenters. The maximum absolute atomic E-state index is 12.3. The third-order valence-electron chi connectivity index (χ3n) is 5.63. The Hall–Kier alpha value is -2.60. The van der Waals surface area contributed by atoms with E-state index in [-0.39, 0.29) is 29.1 Å². The van der Waals surface area contributed by atoms with Crippen molar-refractivity contribution in [1.29, 1.82) is 0 Å². The number of nitrogens with zero attached hydrogens (tertiary/aromatic N) is 4. The van der Waals surface area contributed by atoms with Crippen LogP contribution in [0, 0.1) is 5.92 Å². The molecule has 2 heterocycles. The average Bonchev–Trinajstić information content (AvgIpc) is 3.33. The van der Waals surface area contributed by atoms with Gasteiger partial charge in [0.2, 0.25) is 5.91 Å². The normalized spacial score (nSPS) is 17.0. The number of hydrogen-bond donors (Lipinski definition) is 2. The highest BCUT2D eigenvalue weighted by atomic mass is 32.2. The van der Waals surface area contributed by atoms with Gasteiger partial charge in [0.25, 0.3) is 5.91 Å². The Morgan fingerprint density at radius 2 is 1.85 bits per heavy atom. The average molecular weight is 495 g/mol. The fourth-order valence-corrected chi connectivity index (χ4v) is 6.31.